The number of benzene rings is 1. The van der Waals surface area contributed by atoms with E-state index in [4.69, 9.17) is 9.84 Å². The average Bonchev–Trinajstić information content (AvgIpc) is 2.84. The summed E-state index contributed by atoms with van der Waals surface area (Å²) in [6.07, 6.45) is -1.99. The molecule has 1 rings (SSSR count). The van der Waals surface area contributed by atoms with Crippen LogP contribution in [0.3, 0.4) is 0 Å². The fourth-order valence-electron chi connectivity index (χ4n) is 3.26. The number of unbranched alkanes of at least 4 members (excludes halogenated alkanes) is 1. The highest BCUT2D eigenvalue weighted by Gasteiger charge is 2.25. The lowest BCUT2D eigenvalue weighted by Crippen LogP contribution is -2.42. The first kappa shape index (κ1) is 32.8. The number of halogens is 1. The minimum absolute atomic E-state index is 0.0196. The molecule has 0 radical (unpaired) electrons. The maximum atomic E-state index is 12.3. The van der Waals surface area contributed by atoms with Crippen LogP contribution in [0.5, 0.6) is 0 Å². The SMILES string of the molecule is CC(=O)[C@H](CCC(=O)O)NC(=O)O[C@@H](CCCCNC(=O)CCN(C)C(=O)Cc1ccc([123I])cc1)C(=O)O. The van der Waals surface area contributed by atoms with Crippen LogP contribution in [0.15, 0.2) is 24.3 Å². The van der Waals surface area contributed by atoms with Crippen molar-refractivity contribution in [3.05, 3.63) is 33.4 Å². The second-order valence-electron chi connectivity index (χ2n) is 8.69. The van der Waals surface area contributed by atoms with E-state index in [-0.39, 0.29) is 57.0 Å². The van der Waals surface area contributed by atoms with Gasteiger partial charge in [0.05, 0.1) is 12.5 Å². The molecule has 0 aromatic heterocycles. The Kier molecular flexibility index (Phi) is 14.9. The van der Waals surface area contributed by atoms with E-state index in [1.54, 1.807) is 7.05 Å². The topological polar surface area (TPSA) is 179 Å². The van der Waals surface area contributed by atoms with Gasteiger partial charge in [-0.15, -0.1) is 0 Å². The second kappa shape index (κ2) is 17.3. The van der Waals surface area contributed by atoms with Gasteiger partial charge in [-0.25, -0.2) is 9.59 Å². The second-order valence-corrected chi connectivity index (χ2v) is 9.93. The number of hydrogen-bond acceptors (Lipinski definition) is 7. The number of amides is 3. The number of ether oxygens (including phenoxy) is 1. The number of likely N-dealkylation sites (N-methyl/N-ethyl adjacent to an activating group) is 1. The molecule has 0 bridgehead atoms. The molecule has 0 aliphatic heterocycles. The van der Waals surface area contributed by atoms with Crippen LogP contribution in [-0.2, 0) is 35.1 Å². The fourth-order valence-corrected chi connectivity index (χ4v) is 3.62. The lowest BCUT2D eigenvalue weighted by Gasteiger charge is -2.18. The van der Waals surface area contributed by atoms with E-state index in [2.05, 4.69) is 33.2 Å². The Morgan fingerprint density at radius 2 is 1.66 bits per heavy atom. The third kappa shape index (κ3) is 13.9. The average molecular weight is 643 g/mol. The summed E-state index contributed by atoms with van der Waals surface area (Å²) < 4.78 is 5.97. The fraction of sp³-hybridized carbons (Fsp3) is 0.520. The van der Waals surface area contributed by atoms with Gasteiger partial charge < -0.3 is 30.5 Å². The molecule has 12 nitrogen and oxygen atoms in total. The molecule has 210 valence electrons. The van der Waals surface area contributed by atoms with Gasteiger partial charge in [-0.2, -0.15) is 0 Å². The van der Waals surface area contributed by atoms with Crippen molar-refractivity contribution in [2.45, 2.75) is 64.0 Å². The normalized spacial score (nSPS) is 12.1. The van der Waals surface area contributed by atoms with Crippen molar-refractivity contribution < 1.29 is 43.7 Å². The van der Waals surface area contributed by atoms with Crippen molar-refractivity contribution in [2.75, 3.05) is 20.1 Å². The van der Waals surface area contributed by atoms with Gasteiger partial charge in [0, 0.05) is 36.5 Å². The van der Waals surface area contributed by atoms with E-state index in [1.807, 2.05) is 24.3 Å². The first-order valence-corrected chi connectivity index (χ1v) is 13.1. The van der Waals surface area contributed by atoms with E-state index >= 15 is 0 Å². The highest BCUT2D eigenvalue weighted by Crippen LogP contribution is 2.09. The first-order chi connectivity index (χ1) is 17.9. The smallest absolute Gasteiger partial charge is 0.408 e. The Balaban J connectivity index is 2.31. The third-order valence-electron chi connectivity index (χ3n) is 5.54. The van der Waals surface area contributed by atoms with E-state index < -0.39 is 36.0 Å². The van der Waals surface area contributed by atoms with Gasteiger partial charge in [0.15, 0.2) is 5.78 Å². The summed E-state index contributed by atoms with van der Waals surface area (Å²) in [6.45, 7) is 1.71. The Hall–Kier alpha value is -3.23. The van der Waals surface area contributed by atoms with Gasteiger partial charge in [-0.3, -0.25) is 19.2 Å². The molecular formula is C25H34IN3O9. The van der Waals surface area contributed by atoms with Crippen LogP contribution in [-0.4, -0.2) is 83.0 Å². The Morgan fingerprint density at radius 3 is 2.24 bits per heavy atom. The van der Waals surface area contributed by atoms with Crippen molar-refractivity contribution in [2.24, 2.45) is 0 Å². The molecule has 0 unspecified atom stereocenters. The van der Waals surface area contributed by atoms with Crippen molar-refractivity contribution in [3.8, 4) is 0 Å². The molecule has 2 atom stereocenters. The Bertz CT molecular complexity index is 985. The molecule has 0 saturated heterocycles. The van der Waals surface area contributed by atoms with Gasteiger partial charge in [-0.05, 0) is 72.9 Å². The van der Waals surface area contributed by atoms with Crippen molar-refractivity contribution >= 4 is 58.2 Å². The quantitative estimate of drug-likeness (QED) is 0.146. The number of carboxylic acid groups (broad SMARTS) is 2. The summed E-state index contributed by atoms with van der Waals surface area (Å²) in [4.78, 5) is 71.6. The van der Waals surface area contributed by atoms with Crippen molar-refractivity contribution in [1.29, 1.82) is 0 Å². The lowest BCUT2D eigenvalue weighted by molar-refractivity contribution is -0.147. The summed E-state index contributed by atoms with van der Waals surface area (Å²) in [5.41, 5.74) is 0.893. The van der Waals surface area contributed by atoms with E-state index in [0.717, 1.165) is 9.13 Å². The molecule has 1 aromatic carbocycles. The summed E-state index contributed by atoms with van der Waals surface area (Å²) in [6, 6.07) is 6.52. The van der Waals surface area contributed by atoms with Crippen LogP contribution in [0.4, 0.5) is 4.79 Å². The molecule has 0 saturated carbocycles. The number of ketones is 1. The summed E-state index contributed by atoms with van der Waals surface area (Å²) in [5.74, 6) is -3.33. The minimum atomic E-state index is -1.47. The summed E-state index contributed by atoms with van der Waals surface area (Å²) >= 11 is 2.19. The number of aliphatic carboxylic acids is 2. The van der Waals surface area contributed by atoms with Gasteiger partial charge in [0.2, 0.25) is 17.9 Å². The standard InChI is InChI=1S/C25H34IN3O9/c1-16(30)19(10-11-23(33)34)28-25(37)38-20(24(35)36)5-3-4-13-27-21(31)12-14-29(2)22(32)15-17-6-8-18(26)9-7-17/h6-9,19-20H,3-5,10-15H2,1-2H3,(H,27,31)(H,28,37)(H,33,34)(H,35,36)/t19-,20-/m0/s1/i26-4. The molecule has 0 spiro atoms. The number of carboxylic acids is 2. The maximum Gasteiger partial charge on any atom is 0.408 e. The number of carbonyl (C=O) groups excluding carboxylic acids is 4. The molecule has 0 fully saturated rings. The van der Waals surface area contributed by atoms with E-state index in [1.165, 1.54) is 11.8 Å². The Morgan fingerprint density at radius 1 is 1.00 bits per heavy atom. The van der Waals surface area contributed by atoms with Crippen LogP contribution in [0.25, 0.3) is 0 Å². The monoisotopic (exact) mass is 643 g/mol. The molecular weight excluding hydrogens is 609 g/mol. The number of alkyl carbamates (subject to hydrolysis) is 1. The molecule has 3 amide bonds. The zero-order valence-electron chi connectivity index (χ0n) is 21.4. The van der Waals surface area contributed by atoms with Crippen LogP contribution in [0, 0.1) is 3.57 Å². The highest BCUT2D eigenvalue weighted by atomic mass is 123. The van der Waals surface area contributed by atoms with Crippen LogP contribution < -0.4 is 10.6 Å². The van der Waals surface area contributed by atoms with Crippen LogP contribution in [0.2, 0.25) is 0 Å². The summed E-state index contributed by atoms with van der Waals surface area (Å²) in [7, 11) is 1.63. The lowest BCUT2D eigenvalue weighted by atomic mass is 10.1. The largest absolute Gasteiger partial charge is 0.481 e. The molecule has 38 heavy (non-hydrogen) atoms. The van der Waals surface area contributed by atoms with Crippen LogP contribution >= 0.6 is 22.6 Å². The Labute approximate surface area is 234 Å². The number of Topliss-reactive ketones (excluding diaryl/α,β-unsaturated/α-hetero) is 1. The molecule has 0 heterocycles. The third-order valence-corrected chi connectivity index (χ3v) is 6.26. The van der Waals surface area contributed by atoms with Gasteiger partial charge in [0.1, 0.15) is 0 Å². The maximum absolute atomic E-state index is 12.3. The van der Waals surface area contributed by atoms with Gasteiger partial charge >= 0.3 is 18.0 Å². The number of nitrogens with one attached hydrogen (secondary N) is 2. The first-order valence-electron chi connectivity index (χ1n) is 12.1. The van der Waals surface area contributed by atoms with Crippen LogP contribution in [0.1, 0.15) is 51.0 Å². The molecule has 1 aromatic rings. The minimum Gasteiger partial charge on any atom is -0.481 e. The number of hydrogen-bond donors (Lipinski definition) is 4. The molecule has 0 aliphatic rings. The van der Waals surface area contributed by atoms with Crippen molar-refractivity contribution in [1.82, 2.24) is 15.5 Å². The number of carbonyl (C=O) groups is 6. The highest BCUT2D eigenvalue weighted by molar-refractivity contribution is 14.1. The molecule has 0 aliphatic carbocycles. The van der Waals surface area contributed by atoms with Gasteiger partial charge in [0.25, 0.3) is 0 Å². The zero-order valence-corrected chi connectivity index (χ0v) is 23.6. The predicted molar refractivity (Wildman–Crippen MR) is 144 cm³/mol. The van der Waals surface area contributed by atoms with Crippen molar-refractivity contribution in [3.63, 3.8) is 0 Å². The van der Waals surface area contributed by atoms with Gasteiger partial charge in [-0.1, -0.05) is 12.1 Å². The molecule has 4 N–H and O–H groups in total. The van der Waals surface area contributed by atoms with E-state index in [0.29, 0.717) is 12.8 Å². The summed E-state index contributed by atoms with van der Waals surface area (Å²) in [5, 5.41) is 22.9. The zero-order chi connectivity index (χ0) is 28.7. The number of nitrogens with zero attached hydrogens (tertiary/aromatic N) is 1. The van der Waals surface area contributed by atoms with E-state index in [9.17, 15) is 33.9 Å². The molecule has 13 heteroatoms. The predicted octanol–water partition coefficient (Wildman–Crippen LogP) is 1.97. The number of rotatable bonds is 17.